The van der Waals surface area contributed by atoms with Crippen molar-refractivity contribution >= 4 is 14.3 Å². The Hall–Kier alpha value is -0.433. The lowest BCUT2D eigenvalue weighted by Crippen LogP contribution is -2.40. The van der Waals surface area contributed by atoms with E-state index in [1.54, 1.807) is 6.92 Å². The number of aliphatic hydroxyl groups excluding tert-OH is 1. The van der Waals surface area contributed by atoms with Crippen LogP contribution in [0, 0.1) is 0 Å². The molecule has 0 heterocycles. The van der Waals surface area contributed by atoms with Gasteiger partial charge in [0.05, 0.1) is 19.8 Å². The zero-order chi connectivity index (χ0) is 15.8. The van der Waals surface area contributed by atoms with Gasteiger partial charge in [-0.15, -0.1) is 0 Å². The van der Waals surface area contributed by atoms with Gasteiger partial charge in [-0.3, -0.25) is 9.69 Å². The summed E-state index contributed by atoms with van der Waals surface area (Å²) in [5.41, 5.74) is 0. The topological polar surface area (TPSA) is 70.0 Å². The minimum Gasteiger partial charge on any atom is -0.465 e. The third-order valence-corrected chi connectivity index (χ3v) is 7.57. The molecule has 2 N–H and O–H groups in total. The molecule has 0 aromatic rings. The van der Waals surface area contributed by atoms with E-state index in [1.807, 2.05) is 18.0 Å². The lowest BCUT2D eigenvalue weighted by atomic mass is 10.1. The fourth-order valence-corrected chi connectivity index (χ4v) is 2.64. The maximum absolute atomic E-state index is 11.5. The number of carbonyl (C=O) groups is 1. The first-order chi connectivity index (χ1) is 9.14. The van der Waals surface area contributed by atoms with Crippen molar-refractivity contribution in [2.24, 2.45) is 0 Å². The van der Waals surface area contributed by atoms with Gasteiger partial charge >= 0.3 is 5.97 Å². The lowest BCUT2D eigenvalue weighted by molar-refractivity contribution is -0.144. The molecule has 0 radical (unpaired) electrons. The molecule has 0 aliphatic heterocycles. The zero-order valence-corrected chi connectivity index (χ0v) is 14.6. The predicted molar refractivity (Wildman–Crippen MR) is 83.1 cm³/mol. The summed E-state index contributed by atoms with van der Waals surface area (Å²) in [5.74, 6) is -0.253. The highest BCUT2D eigenvalue weighted by Crippen LogP contribution is 2.39. The summed E-state index contributed by atoms with van der Waals surface area (Å²) in [5, 5.41) is 8.99. The molecule has 0 atom stereocenters. The molecule has 0 fully saturated rings. The van der Waals surface area contributed by atoms with E-state index in [9.17, 15) is 9.59 Å². The quantitative estimate of drug-likeness (QED) is 0.474. The molecule has 0 bridgehead atoms. The van der Waals surface area contributed by atoms with E-state index in [0.29, 0.717) is 13.2 Å². The van der Waals surface area contributed by atoms with Crippen LogP contribution in [0.15, 0.2) is 0 Å². The van der Waals surface area contributed by atoms with Crippen LogP contribution in [-0.2, 0) is 9.53 Å². The summed E-state index contributed by atoms with van der Waals surface area (Å²) in [6.07, 6.45) is 1.80. The zero-order valence-electron chi connectivity index (χ0n) is 13.6. The van der Waals surface area contributed by atoms with Gasteiger partial charge in [0.2, 0.25) is 0 Å². The second-order valence-corrected chi connectivity index (χ2v) is 10.8. The van der Waals surface area contributed by atoms with Crippen molar-refractivity contribution in [2.45, 2.75) is 51.7 Å². The van der Waals surface area contributed by atoms with Crippen LogP contribution in [0.1, 0.15) is 33.6 Å². The smallest absolute Gasteiger partial charge is 0.320 e. The van der Waals surface area contributed by atoms with Gasteiger partial charge in [-0.25, -0.2) is 0 Å². The molecule has 6 heteroatoms. The molecular weight excluding hydrogens is 274 g/mol. The van der Waals surface area contributed by atoms with Crippen molar-refractivity contribution < 1.29 is 19.4 Å². The maximum atomic E-state index is 11.5. The second kappa shape index (κ2) is 8.77. The lowest BCUT2D eigenvalue weighted by Gasteiger charge is -2.35. The second-order valence-electron chi connectivity index (χ2n) is 6.35. The number of esters is 1. The van der Waals surface area contributed by atoms with Crippen LogP contribution in [0.4, 0.5) is 0 Å². The first kappa shape index (κ1) is 19.6. The average molecular weight is 305 g/mol. The molecule has 0 aromatic heterocycles. The van der Waals surface area contributed by atoms with Gasteiger partial charge < -0.3 is 14.6 Å². The highest BCUT2D eigenvalue weighted by atomic mass is 28.4. The summed E-state index contributed by atoms with van der Waals surface area (Å²) in [4.78, 5) is 23.6. The molecule has 0 aromatic carbocycles. The summed E-state index contributed by atoms with van der Waals surface area (Å²) in [6, 6.07) is 0. The van der Waals surface area contributed by atoms with Gasteiger partial charge in [0.15, 0.2) is 8.32 Å². The minimum absolute atomic E-state index is 0.0308. The van der Waals surface area contributed by atoms with E-state index in [4.69, 9.17) is 9.84 Å². The Morgan fingerprint density at radius 1 is 1.30 bits per heavy atom. The predicted octanol–water partition coefficient (Wildman–Crippen LogP) is 1.60. The first-order valence-electron chi connectivity index (χ1n) is 7.35. The highest BCUT2D eigenvalue weighted by molar-refractivity contribution is 6.72. The van der Waals surface area contributed by atoms with Crippen molar-refractivity contribution in [1.82, 2.24) is 4.90 Å². The Bertz CT molecular complexity index is 289. The number of rotatable bonds is 10. The van der Waals surface area contributed by atoms with Crippen LogP contribution in [0.2, 0.25) is 18.1 Å². The fourth-order valence-electron chi connectivity index (χ4n) is 1.85. The molecular formula is C14H31NO4Si. The average Bonchev–Trinajstić information content (AvgIpc) is 2.27. The molecule has 0 amide bonds. The molecule has 0 saturated heterocycles. The Morgan fingerprint density at radius 3 is 2.35 bits per heavy atom. The highest BCUT2D eigenvalue weighted by Gasteiger charge is 2.37. The summed E-state index contributed by atoms with van der Waals surface area (Å²) in [7, 11) is -2.18. The number of hydrogen-bond donors (Lipinski definition) is 2. The number of carbonyl (C=O) groups excluding carboxylic acids is 1. The van der Waals surface area contributed by atoms with Gasteiger partial charge in [-0.2, -0.15) is 0 Å². The van der Waals surface area contributed by atoms with E-state index in [0.717, 1.165) is 19.4 Å². The molecule has 20 heavy (non-hydrogen) atoms. The Balaban J connectivity index is 4.25. The van der Waals surface area contributed by atoms with Crippen molar-refractivity contribution in [2.75, 3.05) is 32.8 Å². The Labute approximate surface area is 124 Å². The maximum Gasteiger partial charge on any atom is 0.320 e. The van der Waals surface area contributed by atoms with Crippen LogP contribution in [-0.4, -0.2) is 61.9 Å². The summed E-state index contributed by atoms with van der Waals surface area (Å²) in [6.45, 7) is 11.7. The van der Waals surface area contributed by atoms with Gasteiger partial charge in [0.25, 0.3) is 0 Å². The van der Waals surface area contributed by atoms with Crippen molar-refractivity contribution in [3.63, 3.8) is 0 Å². The fraction of sp³-hybridized carbons (Fsp3) is 0.929. The van der Waals surface area contributed by atoms with Crippen LogP contribution in [0.5, 0.6) is 0 Å². The SMILES string of the molecule is CCOC(=O)CN(CCO)CCCC(C)(C)[Si](C)(C)O. The van der Waals surface area contributed by atoms with E-state index < -0.39 is 8.32 Å². The van der Waals surface area contributed by atoms with Gasteiger partial charge in [0, 0.05) is 6.54 Å². The minimum atomic E-state index is -2.18. The number of aliphatic hydroxyl groups is 1. The van der Waals surface area contributed by atoms with Crippen LogP contribution in [0.25, 0.3) is 0 Å². The first-order valence-corrected chi connectivity index (χ1v) is 10.3. The molecule has 0 unspecified atom stereocenters. The van der Waals surface area contributed by atoms with Gasteiger partial charge in [0.1, 0.15) is 0 Å². The number of hydrogen-bond acceptors (Lipinski definition) is 5. The molecule has 0 rings (SSSR count). The monoisotopic (exact) mass is 305 g/mol. The molecule has 0 saturated carbocycles. The van der Waals surface area contributed by atoms with Crippen LogP contribution in [0.3, 0.4) is 0 Å². The summed E-state index contributed by atoms with van der Waals surface area (Å²) >= 11 is 0. The third kappa shape index (κ3) is 7.38. The van der Waals surface area contributed by atoms with E-state index in [-0.39, 0.29) is 24.2 Å². The molecule has 0 aliphatic rings. The third-order valence-electron chi connectivity index (χ3n) is 4.01. The largest absolute Gasteiger partial charge is 0.465 e. The van der Waals surface area contributed by atoms with Crippen molar-refractivity contribution in [3.05, 3.63) is 0 Å². The van der Waals surface area contributed by atoms with Gasteiger partial charge in [-0.1, -0.05) is 13.8 Å². The van der Waals surface area contributed by atoms with E-state index in [2.05, 4.69) is 13.8 Å². The van der Waals surface area contributed by atoms with Gasteiger partial charge in [-0.05, 0) is 44.4 Å². The summed E-state index contributed by atoms with van der Waals surface area (Å²) < 4.78 is 4.92. The number of nitrogens with zero attached hydrogens (tertiary/aromatic N) is 1. The normalized spacial score (nSPS) is 12.8. The van der Waals surface area contributed by atoms with Crippen molar-refractivity contribution in [1.29, 1.82) is 0 Å². The number of ether oxygens (including phenoxy) is 1. The Morgan fingerprint density at radius 2 is 1.90 bits per heavy atom. The Kier molecular flexibility index (Phi) is 8.58. The molecule has 0 spiro atoms. The van der Waals surface area contributed by atoms with Crippen LogP contribution >= 0.6 is 0 Å². The molecule has 0 aliphatic carbocycles. The molecule has 5 nitrogen and oxygen atoms in total. The molecule has 120 valence electrons. The van der Waals surface area contributed by atoms with E-state index in [1.165, 1.54) is 0 Å². The van der Waals surface area contributed by atoms with Crippen molar-refractivity contribution in [3.8, 4) is 0 Å². The van der Waals surface area contributed by atoms with Crippen LogP contribution < -0.4 is 0 Å². The van der Waals surface area contributed by atoms with E-state index >= 15 is 0 Å². The standard InChI is InChI=1S/C14H31NO4Si/c1-6-19-13(17)12-15(10-11-16)9-7-8-14(2,3)20(4,5)18/h16,18H,6-12H2,1-5H3.